The molecule has 0 fully saturated rings. The fourth-order valence-corrected chi connectivity index (χ4v) is 5.46. The molecule has 7 heteroatoms. The number of amides is 1. The van der Waals surface area contributed by atoms with Crippen molar-refractivity contribution in [2.45, 2.75) is 64.2 Å². The first kappa shape index (κ1) is 23.6. The Labute approximate surface area is 207 Å². The molecule has 2 aromatic rings. The Morgan fingerprint density at radius 1 is 1.20 bits per heavy atom. The van der Waals surface area contributed by atoms with Gasteiger partial charge in [-0.1, -0.05) is 18.2 Å². The van der Waals surface area contributed by atoms with Crippen LogP contribution in [0.25, 0.3) is 0 Å². The Morgan fingerprint density at radius 3 is 3.00 bits per heavy atom. The highest BCUT2D eigenvalue weighted by molar-refractivity contribution is 5.81. The number of rotatable bonds is 8. The van der Waals surface area contributed by atoms with Crippen molar-refractivity contribution >= 4 is 17.7 Å². The number of esters is 1. The van der Waals surface area contributed by atoms with Crippen molar-refractivity contribution in [3.8, 4) is 5.75 Å². The highest BCUT2D eigenvalue weighted by Gasteiger charge is 2.26. The van der Waals surface area contributed by atoms with E-state index in [1.807, 2.05) is 18.2 Å². The Bertz CT molecular complexity index is 1100. The molecule has 1 aromatic carbocycles. The van der Waals surface area contributed by atoms with Crippen molar-refractivity contribution in [3.05, 3.63) is 52.2 Å². The van der Waals surface area contributed by atoms with Gasteiger partial charge in [-0.2, -0.15) is 0 Å². The van der Waals surface area contributed by atoms with E-state index in [0.717, 1.165) is 67.8 Å². The van der Waals surface area contributed by atoms with Gasteiger partial charge in [-0.15, -0.1) is 0 Å². The summed E-state index contributed by atoms with van der Waals surface area (Å²) in [6.07, 6.45) is 7.50. The van der Waals surface area contributed by atoms with Crippen LogP contribution in [0.3, 0.4) is 0 Å². The van der Waals surface area contributed by atoms with E-state index >= 15 is 0 Å². The Hall–Kier alpha value is -3.09. The zero-order valence-electron chi connectivity index (χ0n) is 20.5. The standard InChI is InChI=1S/C28H35N3O4/c1-2-34-28(33)23(20-9-8-19-11-13-35-25(19)16-20)17-30-26(32)10-6-18-5-7-21-15-22-4-3-12-29-27(22)31-24(21)14-18/h8-9,15-16,18,23H,2-7,10-14,17H2,1H3,(H,29,31)(H,30,32)/t18?,23-/m1/s1. The lowest BCUT2D eigenvalue weighted by molar-refractivity contribution is -0.144. The molecule has 0 bridgehead atoms. The first-order valence-electron chi connectivity index (χ1n) is 13.0. The number of carbonyl (C=O) groups is 2. The van der Waals surface area contributed by atoms with E-state index in [1.54, 1.807) is 6.92 Å². The summed E-state index contributed by atoms with van der Waals surface area (Å²) in [7, 11) is 0. The van der Waals surface area contributed by atoms with Crippen LogP contribution in [0.2, 0.25) is 0 Å². The van der Waals surface area contributed by atoms with Gasteiger partial charge in [0.2, 0.25) is 5.91 Å². The molecule has 7 nitrogen and oxygen atoms in total. The summed E-state index contributed by atoms with van der Waals surface area (Å²) >= 11 is 0. The normalized spacial score (nSPS) is 18.8. The topological polar surface area (TPSA) is 89.5 Å². The average molecular weight is 478 g/mol. The quantitative estimate of drug-likeness (QED) is 0.564. The zero-order chi connectivity index (χ0) is 24.2. The SMILES string of the molecule is CCOC(=O)[C@H](CNC(=O)CCC1CCc2cc3c(nc2C1)NCCC3)c1ccc2c(c1)OCC2. The van der Waals surface area contributed by atoms with E-state index in [4.69, 9.17) is 14.5 Å². The van der Waals surface area contributed by atoms with E-state index in [2.05, 4.69) is 16.7 Å². The molecule has 3 aliphatic rings. The summed E-state index contributed by atoms with van der Waals surface area (Å²) in [5, 5.41) is 6.41. The number of hydrogen-bond donors (Lipinski definition) is 2. The van der Waals surface area contributed by atoms with Crippen molar-refractivity contribution in [3.63, 3.8) is 0 Å². The molecule has 0 saturated heterocycles. The number of benzene rings is 1. The van der Waals surface area contributed by atoms with Crippen LogP contribution in [0.4, 0.5) is 5.82 Å². The average Bonchev–Trinajstić information content (AvgIpc) is 3.34. The Morgan fingerprint density at radius 2 is 2.11 bits per heavy atom. The lowest BCUT2D eigenvalue weighted by atomic mass is 9.83. The maximum atomic E-state index is 12.7. The van der Waals surface area contributed by atoms with Crippen LogP contribution in [0.15, 0.2) is 24.3 Å². The van der Waals surface area contributed by atoms with Gasteiger partial charge < -0.3 is 20.1 Å². The number of aromatic nitrogens is 1. The molecule has 186 valence electrons. The van der Waals surface area contributed by atoms with Crippen molar-refractivity contribution < 1.29 is 19.1 Å². The zero-order valence-corrected chi connectivity index (χ0v) is 20.5. The third-order valence-electron chi connectivity index (χ3n) is 7.47. The van der Waals surface area contributed by atoms with Gasteiger partial charge >= 0.3 is 5.97 Å². The van der Waals surface area contributed by atoms with E-state index in [9.17, 15) is 9.59 Å². The molecule has 5 rings (SSSR count). The third kappa shape index (κ3) is 5.44. The van der Waals surface area contributed by atoms with Gasteiger partial charge in [0.15, 0.2) is 0 Å². The molecule has 0 spiro atoms. The van der Waals surface area contributed by atoms with Crippen LogP contribution >= 0.6 is 0 Å². The molecule has 0 radical (unpaired) electrons. The van der Waals surface area contributed by atoms with E-state index < -0.39 is 5.92 Å². The molecular weight excluding hydrogens is 442 g/mol. The number of anilines is 1. The highest BCUT2D eigenvalue weighted by atomic mass is 16.5. The van der Waals surface area contributed by atoms with E-state index in [0.29, 0.717) is 25.6 Å². The molecule has 2 aliphatic heterocycles. The number of pyridine rings is 1. The molecule has 2 atom stereocenters. The monoisotopic (exact) mass is 477 g/mol. The van der Waals surface area contributed by atoms with E-state index in [-0.39, 0.29) is 18.4 Å². The Balaban J connectivity index is 1.15. The van der Waals surface area contributed by atoms with Gasteiger partial charge in [0.25, 0.3) is 0 Å². The fraction of sp³-hybridized carbons (Fsp3) is 0.536. The van der Waals surface area contributed by atoms with Crippen LogP contribution < -0.4 is 15.4 Å². The molecule has 35 heavy (non-hydrogen) atoms. The first-order valence-corrected chi connectivity index (χ1v) is 13.0. The summed E-state index contributed by atoms with van der Waals surface area (Å²) in [4.78, 5) is 30.3. The van der Waals surface area contributed by atoms with Crippen molar-refractivity contribution in [2.24, 2.45) is 5.92 Å². The van der Waals surface area contributed by atoms with Gasteiger partial charge in [0.05, 0.1) is 19.1 Å². The molecule has 2 N–H and O–H groups in total. The minimum Gasteiger partial charge on any atom is -0.493 e. The molecule has 3 heterocycles. The maximum absolute atomic E-state index is 12.7. The van der Waals surface area contributed by atoms with Gasteiger partial charge in [-0.3, -0.25) is 9.59 Å². The molecular formula is C28H35N3O4. The van der Waals surface area contributed by atoms with Gasteiger partial charge in [-0.05, 0) is 79.7 Å². The smallest absolute Gasteiger partial charge is 0.315 e. The summed E-state index contributed by atoms with van der Waals surface area (Å²) in [6, 6.07) is 8.21. The number of ether oxygens (including phenoxy) is 2. The highest BCUT2D eigenvalue weighted by Crippen LogP contribution is 2.32. The number of aryl methyl sites for hydroxylation is 2. The maximum Gasteiger partial charge on any atom is 0.315 e. The summed E-state index contributed by atoms with van der Waals surface area (Å²) in [5.41, 5.74) is 5.88. The Kier molecular flexibility index (Phi) is 7.21. The summed E-state index contributed by atoms with van der Waals surface area (Å²) in [5.74, 6) is 1.44. The summed E-state index contributed by atoms with van der Waals surface area (Å²) < 4.78 is 11.0. The number of hydrogen-bond acceptors (Lipinski definition) is 6. The second-order valence-corrected chi connectivity index (χ2v) is 9.85. The first-order chi connectivity index (χ1) is 17.1. The van der Waals surface area contributed by atoms with Gasteiger partial charge in [-0.25, -0.2) is 4.98 Å². The van der Waals surface area contributed by atoms with Crippen LogP contribution in [-0.2, 0) is 40.0 Å². The van der Waals surface area contributed by atoms with Crippen LogP contribution in [0.5, 0.6) is 5.75 Å². The van der Waals surface area contributed by atoms with E-state index in [1.165, 1.54) is 23.2 Å². The van der Waals surface area contributed by atoms with Crippen LogP contribution in [0.1, 0.15) is 66.5 Å². The molecule has 1 amide bonds. The third-order valence-corrected chi connectivity index (χ3v) is 7.47. The second-order valence-electron chi connectivity index (χ2n) is 9.85. The molecule has 1 aromatic heterocycles. The van der Waals surface area contributed by atoms with Crippen LogP contribution in [0, 0.1) is 5.92 Å². The van der Waals surface area contributed by atoms with Crippen LogP contribution in [-0.4, -0.2) is 43.2 Å². The van der Waals surface area contributed by atoms with Gasteiger partial charge in [0, 0.05) is 31.6 Å². The number of carbonyl (C=O) groups excluding carboxylic acids is 2. The minimum absolute atomic E-state index is 0.0254. The number of nitrogens with zero attached hydrogens (tertiary/aromatic N) is 1. The number of nitrogens with one attached hydrogen (secondary N) is 2. The lowest BCUT2D eigenvalue weighted by Crippen LogP contribution is -2.33. The molecule has 1 aliphatic carbocycles. The predicted molar refractivity (Wildman–Crippen MR) is 134 cm³/mol. The van der Waals surface area contributed by atoms with Crippen molar-refractivity contribution in [1.29, 1.82) is 0 Å². The second kappa shape index (κ2) is 10.7. The minimum atomic E-state index is -0.544. The van der Waals surface area contributed by atoms with Gasteiger partial charge in [0.1, 0.15) is 11.6 Å². The summed E-state index contributed by atoms with van der Waals surface area (Å²) in [6.45, 7) is 3.99. The largest absolute Gasteiger partial charge is 0.493 e. The fourth-order valence-electron chi connectivity index (χ4n) is 5.46. The van der Waals surface area contributed by atoms with Crippen molar-refractivity contribution in [2.75, 3.05) is 31.6 Å². The predicted octanol–water partition coefficient (Wildman–Crippen LogP) is 3.72. The molecule has 1 unspecified atom stereocenters. The van der Waals surface area contributed by atoms with Crippen molar-refractivity contribution in [1.82, 2.24) is 10.3 Å². The lowest BCUT2D eigenvalue weighted by Gasteiger charge is -2.27. The number of fused-ring (bicyclic) bond motifs is 3. The molecule has 0 saturated carbocycles.